The summed E-state index contributed by atoms with van der Waals surface area (Å²) in [4.78, 5) is 9.20. The average Bonchev–Trinajstić information content (AvgIpc) is 2.97. The molecule has 0 saturated heterocycles. The van der Waals surface area contributed by atoms with Gasteiger partial charge in [0.05, 0.1) is 5.69 Å². The van der Waals surface area contributed by atoms with Crippen LogP contribution in [0.5, 0.6) is 0 Å². The van der Waals surface area contributed by atoms with Crippen LogP contribution in [-0.2, 0) is 12.8 Å². The molecule has 24 heavy (non-hydrogen) atoms. The maximum atomic E-state index is 6.14. The molecule has 0 spiro atoms. The quantitative estimate of drug-likeness (QED) is 0.739. The van der Waals surface area contributed by atoms with Crippen molar-refractivity contribution >= 4 is 23.5 Å². The van der Waals surface area contributed by atoms with Gasteiger partial charge in [0.1, 0.15) is 11.5 Å². The van der Waals surface area contributed by atoms with E-state index in [1.54, 1.807) is 0 Å². The van der Waals surface area contributed by atoms with Crippen molar-refractivity contribution in [2.75, 3.05) is 0 Å². The SMILES string of the molecule is Clc1cccc(C2CCc3oc(C4=CCCC=CC=N4)nc3C2)c1. The smallest absolute Gasteiger partial charge is 0.245 e. The number of halogens is 1. The first-order chi connectivity index (χ1) is 11.8. The van der Waals surface area contributed by atoms with Crippen LogP contribution in [0.2, 0.25) is 5.02 Å². The molecule has 1 aliphatic carbocycles. The fraction of sp³-hybridized carbons (Fsp3) is 0.300. The highest BCUT2D eigenvalue weighted by atomic mass is 35.5. The molecular weight excluding hydrogens is 320 g/mol. The number of benzene rings is 1. The highest BCUT2D eigenvalue weighted by molar-refractivity contribution is 6.30. The highest BCUT2D eigenvalue weighted by Gasteiger charge is 2.26. The van der Waals surface area contributed by atoms with Crippen LogP contribution >= 0.6 is 11.6 Å². The van der Waals surface area contributed by atoms with Crippen molar-refractivity contribution in [3.63, 3.8) is 0 Å². The van der Waals surface area contributed by atoms with Crippen LogP contribution in [0.4, 0.5) is 0 Å². The van der Waals surface area contributed by atoms with E-state index >= 15 is 0 Å². The van der Waals surface area contributed by atoms with E-state index < -0.39 is 0 Å². The molecule has 0 fully saturated rings. The first-order valence-electron chi connectivity index (χ1n) is 8.43. The zero-order valence-corrected chi connectivity index (χ0v) is 14.2. The number of fused-ring (bicyclic) bond motifs is 1. The number of aromatic nitrogens is 1. The molecule has 1 aromatic carbocycles. The van der Waals surface area contributed by atoms with Crippen LogP contribution in [0.3, 0.4) is 0 Å². The molecule has 0 amide bonds. The monoisotopic (exact) mass is 338 g/mol. The Kier molecular flexibility index (Phi) is 4.35. The molecule has 3 nitrogen and oxygen atoms in total. The van der Waals surface area contributed by atoms with Crippen LogP contribution in [-0.4, -0.2) is 11.2 Å². The maximum absolute atomic E-state index is 6.14. The van der Waals surface area contributed by atoms with Crippen LogP contribution in [0.15, 0.2) is 51.9 Å². The Morgan fingerprint density at radius 3 is 3.08 bits per heavy atom. The Hall–Kier alpha value is -2.13. The molecule has 1 aliphatic heterocycles. The minimum Gasteiger partial charge on any atom is -0.440 e. The number of aliphatic imine (C=N–C) groups is 1. The van der Waals surface area contributed by atoms with Crippen LogP contribution in [0.1, 0.15) is 48.1 Å². The molecule has 2 aromatic rings. The van der Waals surface area contributed by atoms with Crippen LogP contribution < -0.4 is 0 Å². The lowest BCUT2D eigenvalue weighted by Crippen LogP contribution is -2.11. The van der Waals surface area contributed by atoms with Gasteiger partial charge in [-0.1, -0.05) is 35.9 Å². The molecular formula is C20H19ClN2O. The number of hydrogen-bond acceptors (Lipinski definition) is 3. The molecule has 4 rings (SSSR count). The molecule has 2 heterocycles. The molecule has 2 aliphatic rings. The van der Waals surface area contributed by atoms with E-state index in [0.717, 1.165) is 54.3 Å². The number of aryl methyl sites for hydroxylation is 1. The second-order valence-electron chi connectivity index (χ2n) is 6.26. The highest BCUT2D eigenvalue weighted by Crippen LogP contribution is 2.35. The van der Waals surface area contributed by atoms with E-state index in [9.17, 15) is 0 Å². The fourth-order valence-corrected chi connectivity index (χ4v) is 3.52. The van der Waals surface area contributed by atoms with Crippen LogP contribution in [0, 0.1) is 0 Å². The zero-order valence-electron chi connectivity index (χ0n) is 13.4. The first-order valence-corrected chi connectivity index (χ1v) is 8.81. The topological polar surface area (TPSA) is 38.4 Å². The standard InChI is InChI=1S/C20H19ClN2O/c21-16-7-5-6-14(12-16)15-9-10-19-18(13-15)23-20(24-19)17-8-3-1-2-4-11-22-17/h2,4-8,11-12,15H,1,3,9-10,13H2. The summed E-state index contributed by atoms with van der Waals surface area (Å²) >= 11 is 6.14. The summed E-state index contributed by atoms with van der Waals surface area (Å²) in [5.74, 6) is 2.11. The van der Waals surface area contributed by atoms with Gasteiger partial charge in [-0.15, -0.1) is 0 Å². The molecule has 0 bridgehead atoms. The molecule has 1 aromatic heterocycles. The van der Waals surface area contributed by atoms with Crippen molar-refractivity contribution in [3.8, 4) is 0 Å². The van der Waals surface area contributed by atoms with Gasteiger partial charge in [-0.3, -0.25) is 4.99 Å². The Bertz CT molecular complexity index is 832. The van der Waals surface area contributed by atoms with Gasteiger partial charge in [-0.2, -0.15) is 0 Å². The van der Waals surface area contributed by atoms with Gasteiger partial charge in [0.15, 0.2) is 0 Å². The summed E-state index contributed by atoms with van der Waals surface area (Å²) in [5, 5.41) is 0.793. The zero-order chi connectivity index (χ0) is 16.4. The Balaban J connectivity index is 1.59. The summed E-state index contributed by atoms with van der Waals surface area (Å²) in [7, 11) is 0. The Morgan fingerprint density at radius 1 is 1.21 bits per heavy atom. The molecule has 1 unspecified atom stereocenters. The number of allylic oxidation sites excluding steroid dienone is 3. The minimum absolute atomic E-state index is 0.451. The van der Waals surface area contributed by atoms with Crippen molar-refractivity contribution in [2.24, 2.45) is 4.99 Å². The van der Waals surface area contributed by atoms with E-state index in [2.05, 4.69) is 29.3 Å². The van der Waals surface area contributed by atoms with E-state index in [1.165, 1.54) is 5.56 Å². The second kappa shape index (κ2) is 6.78. The lowest BCUT2D eigenvalue weighted by atomic mass is 9.85. The number of hydrogen-bond donors (Lipinski definition) is 0. The number of oxazole rings is 1. The molecule has 0 saturated carbocycles. The van der Waals surface area contributed by atoms with Gasteiger partial charge < -0.3 is 4.42 Å². The third-order valence-electron chi connectivity index (χ3n) is 4.58. The molecule has 122 valence electrons. The lowest BCUT2D eigenvalue weighted by molar-refractivity contribution is 0.450. The summed E-state index contributed by atoms with van der Waals surface area (Å²) in [6.07, 6.45) is 12.9. The van der Waals surface area contributed by atoms with Crippen molar-refractivity contribution in [3.05, 3.63) is 70.4 Å². The average molecular weight is 339 g/mol. The summed E-state index contributed by atoms with van der Waals surface area (Å²) in [6.45, 7) is 0. The normalized spacial score (nSPS) is 20.2. The third-order valence-corrected chi connectivity index (χ3v) is 4.82. The maximum Gasteiger partial charge on any atom is 0.245 e. The molecule has 4 heteroatoms. The fourth-order valence-electron chi connectivity index (χ4n) is 3.33. The van der Waals surface area contributed by atoms with Crippen molar-refractivity contribution in [1.82, 2.24) is 4.98 Å². The van der Waals surface area contributed by atoms with Gasteiger partial charge in [-0.25, -0.2) is 4.98 Å². The summed E-state index contributed by atoms with van der Waals surface area (Å²) < 4.78 is 6.01. The van der Waals surface area contributed by atoms with E-state index in [0.29, 0.717) is 11.8 Å². The van der Waals surface area contributed by atoms with Gasteiger partial charge in [0.2, 0.25) is 5.89 Å². The van der Waals surface area contributed by atoms with Crippen LogP contribution in [0.25, 0.3) is 5.70 Å². The Labute approximate surface area is 146 Å². The summed E-state index contributed by atoms with van der Waals surface area (Å²) in [6, 6.07) is 8.15. The number of nitrogens with zero attached hydrogens (tertiary/aromatic N) is 2. The predicted octanol–water partition coefficient (Wildman–Crippen LogP) is 5.36. The number of rotatable bonds is 2. The summed E-state index contributed by atoms with van der Waals surface area (Å²) in [5.41, 5.74) is 3.19. The van der Waals surface area contributed by atoms with Crippen molar-refractivity contribution in [2.45, 2.75) is 38.0 Å². The molecule has 0 radical (unpaired) electrons. The van der Waals surface area contributed by atoms with Gasteiger partial charge >= 0.3 is 0 Å². The first kappa shape index (κ1) is 15.4. The minimum atomic E-state index is 0.451. The largest absolute Gasteiger partial charge is 0.440 e. The third kappa shape index (κ3) is 3.22. The lowest BCUT2D eigenvalue weighted by Gasteiger charge is -2.20. The van der Waals surface area contributed by atoms with Gasteiger partial charge in [-0.05, 0) is 49.0 Å². The van der Waals surface area contributed by atoms with E-state index in [-0.39, 0.29) is 0 Å². The second-order valence-corrected chi connectivity index (χ2v) is 6.69. The van der Waals surface area contributed by atoms with Gasteiger partial charge in [0.25, 0.3) is 0 Å². The van der Waals surface area contributed by atoms with E-state index in [1.807, 2.05) is 24.4 Å². The Morgan fingerprint density at radius 2 is 2.17 bits per heavy atom. The van der Waals surface area contributed by atoms with Gasteiger partial charge in [0, 0.05) is 24.1 Å². The molecule has 1 atom stereocenters. The van der Waals surface area contributed by atoms with Crippen molar-refractivity contribution in [1.29, 1.82) is 0 Å². The molecule has 0 N–H and O–H groups in total. The van der Waals surface area contributed by atoms with E-state index in [4.69, 9.17) is 21.0 Å². The van der Waals surface area contributed by atoms with Crippen molar-refractivity contribution < 1.29 is 4.42 Å². The predicted molar refractivity (Wildman–Crippen MR) is 97.6 cm³/mol.